The summed E-state index contributed by atoms with van der Waals surface area (Å²) in [6.07, 6.45) is 11.5. The first-order valence-electron chi connectivity index (χ1n) is 15.4. The lowest BCUT2D eigenvalue weighted by atomic mass is 9.82. The van der Waals surface area contributed by atoms with Crippen molar-refractivity contribution in [2.75, 3.05) is 0 Å². The number of likely N-dealkylation sites (tertiary alicyclic amines) is 2. The second kappa shape index (κ2) is 10.7. The topological polar surface area (TPSA) is 40.6 Å². The van der Waals surface area contributed by atoms with Crippen LogP contribution in [0.3, 0.4) is 0 Å². The summed E-state index contributed by atoms with van der Waals surface area (Å²) in [5.74, 6) is 2.40. The molecule has 214 valence electrons. The predicted molar refractivity (Wildman–Crippen MR) is 156 cm³/mol. The van der Waals surface area contributed by atoms with Gasteiger partial charge in [0.1, 0.15) is 0 Å². The van der Waals surface area contributed by atoms with Crippen LogP contribution in [0, 0.1) is 22.7 Å². The summed E-state index contributed by atoms with van der Waals surface area (Å²) < 4.78 is 0. The Bertz CT molecular complexity index is 819. The zero-order valence-electron chi connectivity index (χ0n) is 26.5. The van der Waals surface area contributed by atoms with Gasteiger partial charge in [-0.05, 0) is 91.9 Å². The molecule has 4 rings (SSSR count). The summed E-state index contributed by atoms with van der Waals surface area (Å²) in [6.45, 7) is 26.0. The lowest BCUT2D eigenvalue weighted by Gasteiger charge is -2.43. The number of Topliss-reactive ketones (excluding diaryl/α,β-unsaturated/α-hetero) is 2. The van der Waals surface area contributed by atoms with Gasteiger partial charge in [-0.15, -0.1) is 0 Å². The summed E-state index contributed by atoms with van der Waals surface area (Å²) >= 11 is 0. The van der Waals surface area contributed by atoms with Gasteiger partial charge in [-0.1, -0.05) is 60.8 Å². The molecule has 4 heteroatoms. The molecule has 4 nitrogen and oxygen atoms in total. The van der Waals surface area contributed by atoms with Crippen molar-refractivity contribution in [2.45, 2.75) is 176 Å². The van der Waals surface area contributed by atoms with Crippen molar-refractivity contribution < 1.29 is 9.59 Å². The standard InChI is InChI=1S/C17H31NO.C16H29NO/c1-16(2,3)15(19)14-11-12-9-7-8-10-13(12)18(14)17(4,5)6;1-15(2,3)14(18)13-10-11-8-7-9-12(11)17(13)16(4,5)6/h12-14H,7-11H2,1-6H3;11-13H,7-10H2,1-6H3/t12-,13-,14-;11-,12-,13-/m00/s1. The smallest absolute Gasteiger partial charge is 0.155 e. The van der Waals surface area contributed by atoms with Gasteiger partial charge in [0.2, 0.25) is 0 Å². The van der Waals surface area contributed by atoms with Gasteiger partial charge >= 0.3 is 0 Å². The fourth-order valence-electron chi connectivity index (χ4n) is 8.15. The summed E-state index contributed by atoms with van der Waals surface area (Å²) in [5, 5.41) is 0. The minimum Gasteiger partial charge on any atom is -0.297 e. The van der Waals surface area contributed by atoms with Crippen LogP contribution < -0.4 is 0 Å². The molecule has 0 aromatic heterocycles. The number of ketones is 2. The van der Waals surface area contributed by atoms with Gasteiger partial charge in [0.05, 0.1) is 12.1 Å². The first-order valence-corrected chi connectivity index (χ1v) is 15.4. The quantitative estimate of drug-likeness (QED) is 0.377. The molecule has 2 saturated carbocycles. The average molecular weight is 517 g/mol. The predicted octanol–water partition coefficient (Wildman–Crippen LogP) is 7.68. The highest BCUT2D eigenvalue weighted by atomic mass is 16.1. The molecular weight excluding hydrogens is 456 g/mol. The third kappa shape index (κ3) is 6.71. The number of carbonyl (C=O) groups excluding carboxylic acids is 2. The average Bonchev–Trinajstić information content (AvgIpc) is 3.42. The van der Waals surface area contributed by atoms with Crippen molar-refractivity contribution in [3.8, 4) is 0 Å². The molecule has 0 radical (unpaired) electrons. The maximum Gasteiger partial charge on any atom is 0.155 e. The lowest BCUT2D eigenvalue weighted by Crippen LogP contribution is -2.54. The van der Waals surface area contributed by atoms with Crippen LogP contribution in [0.4, 0.5) is 0 Å². The summed E-state index contributed by atoms with van der Waals surface area (Å²) in [4.78, 5) is 30.6. The Hall–Kier alpha value is -0.740. The molecule has 0 unspecified atom stereocenters. The van der Waals surface area contributed by atoms with Crippen molar-refractivity contribution in [1.29, 1.82) is 0 Å². The van der Waals surface area contributed by atoms with Gasteiger partial charge in [0.15, 0.2) is 11.6 Å². The minimum absolute atomic E-state index is 0.0995. The van der Waals surface area contributed by atoms with E-state index in [1.165, 1.54) is 44.9 Å². The number of hydrogen-bond donors (Lipinski definition) is 0. The van der Waals surface area contributed by atoms with Gasteiger partial charge in [-0.25, -0.2) is 0 Å². The molecule has 2 saturated heterocycles. The van der Waals surface area contributed by atoms with Crippen LogP contribution in [0.5, 0.6) is 0 Å². The van der Waals surface area contributed by atoms with E-state index in [9.17, 15) is 9.59 Å². The molecule has 0 amide bonds. The first-order chi connectivity index (χ1) is 16.7. The van der Waals surface area contributed by atoms with Crippen LogP contribution in [0.2, 0.25) is 0 Å². The Morgan fingerprint density at radius 3 is 1.19 bits per heavy atom. The molecule has 0 bridgehead atoms. The van der Waals surface area contributed by atoms with Crippen LogP contribution in [0.1, 0.15) is 141 Å². The maximum absolute atomic E-state index is 12.8. The van der Waals surface area contributed by atoms with Crippen LogP contribution in [0.25, 0.3) is 0 Å². The van der Waals surface area contributed by atoms with Crippen molar-refractivity contribution >= 4 is 11.6 Å². The Kier molecular flexibility index (Phi) is 8.89. The van der Waals surface area contributed by atoms with Crippen LogP contribution >= 0.6 is 0 Å². The highest BCUT2D eigenvalue weighted by Crippen LogP contribution is 2.47. The molecule has 4 aliphatic rings. The zero-order valence-corrected chi connectivity index (χ0v) is 26.5. The number of nitrogens with zero attached hydrogens (tertiary/aromatic N) is 2. The van der Waals surface area contributed by atoms with Crippen LogP contribution in [0.15, 0.2) is 0 Å². The summed E-state index contributed by atoms with van der Waals surface area (Å²) in [5.41, 5.74) is -0.230. The normalized spacial score (nSPS) is 33.5. The van der Waals surface area contributed by atoms with E-state index in [2.05, 4.69) is 92.9 Å². The lowest BCUT2D eigenvalue weighted by molar-refractivity contribution is -0.134. The molecule has 37 heavy (non-hydrogen) atoms. The van der Waals surface area contributed by atoms with E-state index >= 15 is 0 Å². The minimum atomic E-state index is -0.221. The van der Waals surface area contributed by atoms with Crippen molar-refractivity contribution in [2.24, 2.45) is 22.7 Å². The highest BCUT2D eigenvalue weighted by Gasteiger charge is 2.52. The largest absolute Gasteiger partial charge is 0.297 e. The maximum atomic E-state index is 12.8. The van der Waals surface area contributed by atoms with E-state index in [4.69, 9.17) is 0 Å². The fourth-order valence-corrected chi connectivity index (χ4v) is 8.15. The van der Waals surface area contributed by atoms with Crippen molar-refractivity contribution in [3.05, 3.63) is 0 Å². The molecule has 0 spiro atoms. The molecular formula is C33H60N2O2. The van der Waals surface area contributed by atoms with E-state index in [0.29, 0.717) is 23.7 Å². The van der Waals surface area contributed by atoms with Gasteiger partial charge in [0.25, 0.3) is 0 Å². The number of rotatable bonds is 2. The number of fused-ring (bicyclic) bond motifs is 2. The van der Waals surface area contributed by atoms with Gasteiger partial charge < -0.3 is 0 Å². The molecule has 0 N–H and O–H groups in total. The zero-order chi connectivity index (χ0) is 28.1. The van der Waals surface area contributed by atoms with Crippen LogP contribution in [-0.4, -0.2) is 56.6 Å². The molecule has 0 aromatic carbocycles. The summed E-state index contributed by atoms with van der Waals surface area (Å²) in [7, 11) is 0. The molecule has 2 aliphatic carbocycles. The van der Waals surface area contributed by atoms with Gasteiger partial charge in [-0.2, -0.15) is 0 Å². The molecule has 2 heterocycles. The monoisotopic (exact) mass is 516 g/mol. The van der Waals surface area contributed by atoms with Crippen LogP contribution in [-0.2, 0) is 9.59 Å². The van der Waals surface area contributed by atoms with Crippen molar-refractivity contribution in [3.63, 3.8) is 0 Å². The summed E-state index contributed by atoms with van der Waals surface area (Å²) in [6, 6.07) is 1.60. The van der Waals surface area contributed by atoms with E-state index < -0.39 is 0 Å². The molecule has 0 aromatic rings. The van der Waals surface area contributed by atoms with Gasteiger partial charge in [-0.3, -0.25) is 19.4 Å². The van der Waals surface area contributed by atoms with E-state index in [1.807, 2.05) is 0 Å². The van der Waals surface area contributed by atoms with Crippen molar-refractivity contribution in [1.82, 2.24) is 9.80 Å². The second-order valence-corrected chi connectivity index (χ2v) is 16.8. The third-order valence-electron chi connectivity index (χ3n) is 9.56. The molecule has 2 aliphatic heterocycles. The number of carbonyl (C=O) groups is 2. The Morgan fingerprint density at radius 2 is 0.838 bits per heavy atom. The Morgan fingerprint density at radius 1 is 0.514 bits per heavy atom. The molecule has 4 fully saturated rings. The Labute approximate surface area is 229 Å². The number of hydrogen-bond acceptors (Lipinski definition) is 4. The fraction of sp³-hybridized carbons (Fsp3) is 0.939. The van der Waals surface area contributed by atoms with E-state index in [0.717, 1.165) is 24.7 Å². The van der Waals surface area contributed by atoms with Gasteiger partial charge in [0, 0.05) is 34.0 Å². The Balaban J connectivity index is 0.000000206. The van der Waals surface area contributed by atoms with E-state index in [1.54, 1.807) is 0 Å². The first kappa shape index (κ1) is 30.8. The third-order valence-corrected chi connectivity index (χ3v) is 9.56. The second-order valence-electron chi connectivity index (χ2n) is 16.8. The van der Waals surface area contributed by atoms with E-state index in [-0.39, 0.29) is 34.0 Å². The highest BCUT2D eigenvalue weighted by molar-refractivity contribution is 5.89. The molecule has 6 atom stereocenters. The SMILES string of the molecule is CC(C)(C)C(=O)[C@@H]1C[C@@H]2CCCC[C@@H]2N1C(C)(C)C.CC(C)(C)C(=O)[C@@H]1C[C@@H]2CCC[C@@H]2N1C(C)(C)C.